The molecule has 92 valence electrons. The van der Waals surface area contributed by atoms with Gasteiger partial charge < -0.3 is 14.9 Å². The molecule has 0 heterocycles. The minimum atomic E-state index is -1.14. The Bertz CT molecular complexity index is 266. The van der Waals surface area contributed by atoms with E-state index in [1.54, 1.807) is 6.92 Å². The van der Waals surface area contributed by atoms with Crippen molar-refractivity contribution in [1.82, 2.24) is 0 Å². The first kappa shape index (κ1) is 13.0. The van der Waals surface area contributed by atoms with Crippen LogP contribution < -0.4 is 0 Å². The summed E-state index contributed by atoms with van der Waals surface area (Å²) in [5.41, 5.74) is -1.14. The molecule has 1 aliphatic rings. The number of carboxylic acid groups (broad SMARTS) is 1. The normalized spacial score (nSPS) is 29.8. The number of carbonyl (C=O) groups excluding carboxylic acids is 1. The quantitative estimate of drug-likeness (QED) is 0.702. The van der Waals surface area contributed by atoms with E-state index < -0.39 is 11.6 Å². The van der Waals surface area contributed by atoms with E-state index in [0.717, 1.165) is 0 Å². The predicted molar refractivity (Wildman–Crippen MR) is 55.8 cm³/mol. The molecule has 2 N–H and O–H groups in total. The molecule has 0 aromatic heterocycles. The molecule has 0 aromatic rings. The SMILES string of the molecule is CCOC(=O)C1CCC(O)(CC(=O)O)CC1. The molecule has 5 heteroatoms. The van der Waals surface area contributed by atoms with Gasteiger partial charge in [0.2, 0.25) is 0 Å². The third-order valence-electron chi connectivity index (χ3n) is 3.02. The molecule has 1 saturated carbocycles. The molecule has 0 atom stereocenters. The zero-order chi connectivity index (χ0) is 12.2. The fourth-order valence-electron chi connectivity index (χ4n) is 2.11. The summed E-state index contributed by atoms with van der Waals surface area (Å²) in [5.74, 6) is -1.43. The van der Waals surface area contributed by atoms with Crippen LogP contribution in [-0.2, 0) is 14.3 Å². The number of aliphatic hydroxyl groups is 1. The van der Waals surface area contributed by atoms with Gasteiger partial charge in [0.15, 0.2) is 0 Å². The lowest BCUT2D eigenvalue weighted by Gasteiger charge is -2.33. The van der Waals surface area contributed by atoms with E-state index in [-0.39, 0.29) is 18.3 Å². The van der Waals surface area contributed by atoms with Crippen LogP contribution in [0.15, 0.2) is 0 Å². The first-order chi connectivity index (χ1) is 7.47. The minimum absolute atomic E-state index is 0.186. The number of carboxylic acids is 1. The third kappa shape index (κ3) is 3.48. The van der Waals surface area contributed by atoms with Crippen molar-refractivity contribution < 1.29 is 24.5 Å². The van der Waals surface area contributed by atoms with Gasteiger partial charge in [-0.3, -0.25) is 9.59 Å². The van der Waals surface area contributed by atoms with Crippen LogP contribution in [0.25, 0.3) is 0 Å². The molecule has 0 aliphatic heterocycles. The lowest BCUT2D eigenvalue weighted by atomic mass is 9.77. The van der Waals surface area contributed by atoms with Crippen molar-refractivity contribution in [3.8, 4) is 0 Å². The summed E-state index contributed by atoms with van der Waals surface area (Å²) < 4.78 is 4.89. The Morgan fingerprint density at radius 2 is 1.94 bits per heavy atom. The highest BCUT2D eigenvalue weighted by Crippen LogP contribution is 2.34. The van der Waals surface area contributed by atoms with Crippen LogP contribution >= 0.6 is 0 Å². The number of aliphatic carboxylic acids is 1. The molecule has 0 aromatic carbocycles. The summed E-state index contributed by atoms with van der Waals surface area (Å²) in [7, 11) is 0. The molecule has 0 bridgehead atoms. The minimum Gasteiger partial charge on any atom is -0.481 e. The topological polar surface area (TPSA) is 83.8 Å². The number of hydrogen-bond acceptors (Lipinski definition) is 4. The Hall–Kier alpha value is -1.10. The molecule has 0 radical (unpaired) electrons. The number of hydrogen-bond donors (Lipinski definition) is 2. The van der Waals surface area contributed by atoms with Crippen molar-refractivity contribution >= 4 is 11.9 Å². The van der Waals surface area contributed by atoms with E-state index in [2.05, 4.69) is 0 Å². The maximum atomic E-state index is 11.4. The number of carbonyl (C=O) groups is 2. The first-order valence-electron chi connectivity index (χ1n) is 5.57. The van der Waals surface area contributed by atoms with Gasteiger partial charge in [-0.1, -0.05) is 0 Å². The fraction of sp³-hybridized carbons (Fsp3) is 0.818. The van der Waals surface area contributed by atoms with Crippen molar-refractivity contribution in [3.05, 3.63) is 0 Å². The van der Waals surface area contributed by atoms with Crippen LogP contribution in [0.2, 0.25) is 0 Å². The zero-order valence-corrected chi connectivity index (χ0v) is 9.44. The largest absolute Gasteiger partial charge is 0.481 e. The fourth-order valence-corrected chi connectivity index (χ4v) is 2.11. The van der Waals surface area contributed by atoms with Crippen molar-refractivity contribution in [2.24, 2.45) is 5.92 Å². The molecule has 5 nitrogen and oxygen atoms in total. The Labute approximate surface area is 94.4 Å². The summed E-state index contributed by atoms with van der Waals surface area (Å²) >= 11 is 0. The van der Waals surface area contributed by atoms with Gasteiger partial charge in [-0.05, 0) is 32.6 Å². The van der Waals surface area contributed by atoms with E-state index >= 15 is 0 Å². The Morgan fingerprint density at radius 1 is 1.38 bits per heavy atom. The summed E-state index contributed by atoms with van der Waals surface area (Å²) in [6.45, 7) is 2.11. The van der Waals surface area contributed by atoms with Crippen LogP contribution in [0.5, 0.6) is 0 Å². The molecule has 1 aliphatic carbocycles. The van der Waals surface area contributed by atoms with E-state index in [1.807, 2.05) is 0 Å². The summed E-state index contributed by atoms with van der Waals surface area (Å²) in [6, 6.07) is 0. The van der Waals surface area contributed by atoms with E-state index in [1.165, 1.54) is 0 Å². The van der Waals surface area contributed by atoms with Crippen molar-refractivity contribution in [3.63, 3.8) is 0 Å². The van der Waals surface area contributed by atoms with E-state index in [4.69, 9.17) is 9.84 Å². The van der Waals surface area contributed by atoms with Crippen LogP contribution in [0, 0.1) is 5.92 Å². The lowest BCUT2D eigenvalue weighted by Crippen LogP contribution is -2.38. The maximum Gasteiger partial charge on any atom is 0.308 e. The van der Waals surface area contributed by atoms with Gasteiger partial charge in [0, 0.05) is 0 Å². The van der Waals surface area contributed by atoms with Crippen molar-refractivity contribution in [2.75, 3.05) is 6.61 Å². The Kier molecular flexibility index (Phi) is 4.29. The van der Waals surface area contributed by atoms with Gasteiger partial charge in [-0.15, -0.1) is 0 Å². The molecular formula is C11H18O5. The first-order valence-corrected chi connectivity index (χ1v) is 5.57. The van der Waals surface area contributed by atoms with E-state index in [9.17, 15) is 14.7 Å². The highest BCUT2D eigenvalue weighted by molar-refractivity contribution is 5.72. The number of ether oxygens (including phenoxy) is 1. The zero-order valence-electron chi connectivity index (χ0n) is 9.44. The third-order valence-corrected chi connectivity index (χ3v) is 3.02. The lowest BCUT2D eigenvalue weighted by molar-refractivity contribution is -0.152. The highest BCUT2D eigenvalue weighted by atomic mass is 16.5. The van der Waals surface area contributed by atoms with Crippen molar-refractivity contribution in [2.45, 2.75) is 44.6 Å². The standard InChI is InChI=1S/C11H18O5/c1-2-16-10(14)8-3-5-11(15,6-4-8)7-9(12)13/h8,15H,2-7H2,1H3,(H,12,13). The second-order valence-corrected chi connectivity index (χ2v) is 4.32. The van der Waals surface area contributed by atoms with Crippen LogP contribution in [0.4, 0.5) is 0 Å². The van der Waals surface area contributed by atoms with E-state index in [0.29, 0.717) is 32.3 Å². The number of esters is 1. The van der Waals surface area contributed by atoms with Crippen LogP contribution in [-0.4, -0.2) is 34.4 Å². The Balaban J connectivity index is 2.44. The molecule has 16 heavy (non-hydrogen) atoms. The summed E-state index contributed by atoms with van der Waals surface area (Å²) in [5, 5.41) is 18.6. The monoisotopic (exact) mass is 230 g/mol. The molecule has 0 unspecified atom stereocenters. The van der Waals surface area contributed by atoms with Crippen LogP contribution in [0.3, 0.4) is 0 Å². The molecule has 0 amide bonds. The average Bonchev–Trinajstić information content (AvgIpc) is 2.17. The van der Waals surface area contributed by atoms with Gasteiger partial charge >= 0.3 is 11.9 Å². The van der Waals surface area contributed by atoms with Gasteiger partial charge in [0.05, 0.1) is 24.5 Å². The smallest absolute Gasteiger partial charge is 0.308 e. The second-order valence-electron chi connectivity index (χ2n) is 4.32. The maximum absolute atomic E-state index is 11.4. The number of rotatable bonds is 4. The Morgan fingerprint density at radius 3 is 2.38 bits per heavy atom. The molecular weight excluding hydrogens is 212 g/mol. The van der Waals surface area contributed by atoms with Gasteiger partial charge in [0.25, 0.3) is 0 Å². The van der Waals surface area contributed by atoms with Crippen molar-refractivity contribution in [1.29, 1.82) is 0 Å². The molecule has 0 saturated heterocycles. The highest BCUT2D eigenvalue weighted by Gasteiger charge is 2.37. The van der Waals surface area contributed by atoms with Crippen LogP contribution in [0.1, 0.15) is 39.0 Å². The predicted octanol–water partition coefficient (Wildman–Crippen LogP) is 0.946. The van der Waals surface area contributed by atoms with Gasteiger partial charge in [-0.2, -0.15) is 0 Å². The average molecular weight is 230 g/mol. The molecule has 1 fully saturated rings. The van der Waals surface area contributed by atoms with Gasteiger partial charge in [-0.25, -0.2) is 0 Å². The second kappa shape index (κ2) is 5.30. The molecule has 1 rings (SSSR count). The summed E-state index contributed by atoms with van der Waals surface area (Å²) in [4.78, 5) is 22.0. The van der Waals surface area contributed by atoms with Gasteiger partial charge in [0.1, 0.15) is 0 Å². The summed E-state index contributed by atoms with van der Waals surface area (Å²) in [6.07, 6.45) is 1.46. The molecule has 0 spiro atoms.